The van der Waals surface area contributed by atoms with Crippen molar-refractivity contribution in [1.82, 2.24) is 9.88 Å². The summed E-state index contributed by atoms with van der Waals surface area (Å²) in [6.45, 7) is 0.851. The van der Waals surface area contributed by atoms with Gasteiger partial charge in [0.1, 0.15) is 5.76 Å². The van der Waals surface area contributed by atoms with Gasteiger partial charge in [-0.3, -0.25) is 9.78 Å². The molecule has 1 aliphatic carbocycles. The molecule has 5 heteroatoms. The molecular weight excluding hydrogens is 308 g/mol. The van der Waals surface area contributed by atoms with E-state index in [-0.39, 0.29) is 17.4 Å². The number of nitrogens with zero attached hydrogens (tertiary/aromatic N) is 2. The summed E-state index contributed by atoms with van der Waals surface area (Å²) in [5, 5.41) is 1.08. The van der Waals surface area contributed by atoms with Gasteiger partial charge >= 0.3 is 0 Å². The Kier molecular flexibility index (Phi) is 2.71. The smallest absolute Gasteiger partial charge is 0.264 e. The van der Waals surface area contributed by atoms with Crippen LogP contribution in [-0.4, -0.2) is 22.3 Å². The number of amides is 1. The summed E-state index contributed by atoms with van der Waals surface area (Å²) in [5.41, 5.74) is 0.256. The molecule has 1 unspecified atom stereocenters. The number of carbonyl (C=O) groups is 1. The zero-order valence-electron chi connectivity index (χ0n) is 12.6. The minimum absolute atomic E-state index is 0.0992. The van der Waals surface area contributed by atoms with E-state index >= 15 is 0 Å². The predicted octanol–water partition coefficient (Wildman–Crippen LogP) is 4.26. The summed E-state index contributed by atoms with van der Waals surface area (Å²) in [5.74, 6) is 1.04. The molecule has 0 bridgehead atoms. The van der Waals surface area contributed by atoms with Crippen LogP contribution < -0.4 is 0 Å². The fraction of sp³-hybridized carbons (Fsp3) is 0.333. The Labute approximate surface area is 137 Å². The Hall–Kier alpha value is -2.14. The lowest BCUT2D eigenvalue weighted by molar-refractivity contribution is -0.112. The van der Waals surface area contributed by atoms with Crippen molar-refractivity contribution in [3.05, 3.63) is 53.6 Å². The predicted molar refractivity (Wildman–Crippen MR) is 88.4 cm³/mol. The SMILES string of the molecule is O=C(c1cc2ccncc2s1)N1CC2(CCC2)C1c1ccco1. The summed E-state index contributed by atoms with van der Waals surface area (Å²) < 4.78 is 6.70. The van der Waals surface area contributed by atoms with Crippen molar-refractivity contribution < 1.29 is 9.21 Å². The molecule has 1 spiro atoms. The van der Waals surface area contributed by atoms with Gasteiger partial charge in [-0.15, -0.1) is 11.3 Å². The van der Waals surface area contributed by atoms with Gasteiger partial charge in [0.2, 0.25) is 0 Å². The van der Waals surface area contributed by atoms with E-state index in [0.717, 1.165) is 27.3 Å². The highest BCUT2D eigenvalue weighted by atomic mass is 32.1. The van der Waals surface area contributed by atoms with Crippen LogP contribution in [0.25, 0.3) is 10.1 Å². The second kappa shape index (κ2) is 4.68. The van der Waals surface area contributed by atoms with Crippen LogP contribution in [0.3, 0.4) is 0 Å². The molecule has 0 N–H and O–H groups in total. The Bertz CT molecular complexity index is 846. The number of hydrogen-bond donors (Lipinski definition) is 0. The van der Waals surface area contributed by atoms with Gasteiger partial charge in [0, 0.05) is 24.4 Å². The van der Waals surface area contributed by atoms with Crippen LogP contribution in [0.1, 0.15) is 40.7 Å². The molecule has 116 valence electrons. The van der Waals surface area contributed by atoms with Gasteiger partial charge < -0.3 is 9.32 Å². The first-order valence-corrected chi connectivity index (χ1v) is 8.76. The normalized spacial score (nSPS) is 22.1. The highest BCUT2D eigenvalue weighted by Gasteiger charge is 2.59. The quantitative estimate of drug-likeness (QED) is 0.707. The molecule has 0 aromatic carbocycles. The van der Waals surface area contributed by atoms with Crippen molar-refractivity contribution in [1.29, 1.82) is 0 Å². The van der Waals surface area contributed by atoms with Crippen molar-refractivity contribution in [3.63, 3.8) is 0 Å². The molecule has 2 aliphatic rings. The Morgan fingerprint density at radius 1 is 1.39 bits per heavy atom. The van der Waals surface area contributed by atoms with Crippen LogP contribution in [0, 0.1) is 5.41 Å². The third-order valence-corrected chi connectivity index (χ3v) is 6.41. The number of rotatable bonds is 2. The van der Waals surface area contributed by atoms with Crippen LogP contribution >= 0.6 is 11.3 Å². The monoisotopic (exact) mass is 324 g/mol. The van der Waals surface area contributed by atoms with Crippen molar-refractivity contribution in [2.45, 2.75) is 25.3 Å². The first kappa shape index (κ1) is 13.3. The van der Waals surface area contributed by atoms with Crippen molar-refractivity contribution in [3.8, 4) is 0 Å². The Balaban J connectivity index is 1.49. The van der Waals surface area contributed by atoms with Gasteiger partial charge in [-0.05, 0) is 42.5 Å². The van der Waals surface area contributed by atoms with Gasteiger partial charge in [-0.1, -0.05) is 6.42 Å². The zero-order valence-corrected chi connectivity index (χ0v) is 13.4. The van der Waals surface area contributed by atoms with Crippen LogP contribution in [0.15, 0.2) is 47.3 Å². The number of pyridine rings is 1. The molecule has 3 aromatic rings. The highest BCUT2D eigenvalue weighted by Crippen LogP contribution is 2.60. The first-order chi connectivity index (χ1) is 11.3. The minimum Gasteiger partial charge on any atom is -0.467 e. The van der Waals surface area contributed by atoms with Gasteiger partial charge in [-0.25, -0.2) is 0 Å². The molecule has 1 saturated heterocycles. The van der Waals surface area contributed by atoms with Crippen molar-refractivity contribution >= 4 is 27.3 Å². The van der Waals surface area contributed by atoms with Gasteiger partial charge in [0.15, 0.2) is 0 Å². The fourth-order valence-corrected chi connectivity index (χ4v) is 5.01. The van der Waals surface area contributed by atoms with Gasteiger partial charge in [0.05, 0.1) is 21.9 Å². The third-order valence-electron chi connectivity index (χ3n) is 5.33. The second-order valence-corrected chi connectivity index (χ2v) is 7.67. The standard InChI is InChI=1S/C18H16N2O2S/c21-17(14-9-12-4-7-19-10-15(12)23-14)20-11-18(5-2-6-18)16(20)13-3-1-8-22-13/h1,3-4,7-10,16H,2,5-6,11H2. The number of carbonyl (C=O) groups excluding carboxylic acids is 1. The lowest BCUT2D eigenvalue weighted by Gasteiger charge is -2.61. The summed E-state index contributed by atoms with van der Waals surface area (Å²) >= 11 is 1.52. The number of thiophene rings is 1. The van der Waals surface area contributed by atoms with E-state index in [1.54, 1.807) is 12.5 Å². The maximum absolute atomic E-state index is 13.0. The van der Waals surface area contributed by atoms with E-state index in [1.165, 1.54) is 30.6 Å². The van der Waals surface area contributed by atoms with Crippen LogP contribution in [0.5, 0.6) is 0 Å². The van der Waals surface area contributed by atoms with Gasteiger partial charge in [0.25, 0.3) is 5.91 Å². The van der Waals surface area contributed by atoms with E-state index in [4.69, 9.17) is 4.42 Å². The van der Waals surface area contributed by atoms with E-state index in [0.29, 0.717) is 0 Å². The van der Waals surface area contributed by atoms with Gasteiger partial charge in [-0.2, -0.15) is 0 Å². The molecular formula is C18H16N2O2S. The molecule has 1 atom stereocenters. The number of fused-ring (bicyclic) bond motifs is 1. The molecule has 5 rings (SSSR count). The lowest BCUT2D eigenvalue weighted by Crippen LogP contribution is -2.63. The summed E-state index contributed by atoms with van der Waals surface area (Å²) in [7, 11) is 0. The molecule has 3 aromatic heterocycles. The fourth-order valence-electron chi connectivity index (χ4n) is 4.02. The third kappa shape index (κ3) is 1.83. The maximum Gasteiger partial charge on any atom is 0.264 e. The average molecular weight is 324 g/mol. The summed E-state index contributed by atoms with van der Waals surface area (Å²) in [6, 6.07) is 7.94. The Morgan fingerprint density at radius 2 is 2.30 bits per heavy atom. The van der Waals surface area contributed by atoms with E-state index < -0.39 is 0 Å². The molecule has 1 saturated carbocycles. The molecule has 4 nitrogen and oxygen atoms in total. The molecule has 2 fully saturated rings. The van der Waals surface area contributed by atoms with Crippen LogP contribution in [0.2, 0.25) is 0 Å². The topological polar surface area (TPSA) is 46.3 Å². The van der Waals surface area contributed by atoms with Crippen LogP contribution in [0.4, 0.5) is 0 Å². The lowest BCUT2D eigenvalue weighted by atomic mass is 9.57. The van der Waals surface area contributed by atoms with Crippen LogP contribution in [-0.2, 0) is 0 Å². The average Bonchev–Trinajstić information content (AvgIpc) is 3.13. The van der Waals surface area contributed by atoms with Crippen molar-refractivity contribution in [2.75, 3.05) is 6.54 Å². The second-order valence-electron chi connectivity index (χ2n) is 6.59. The summed E-state index contributed by atoms with van der Waals surface area (Å²) in [6.07, 6.45) is 8.94. The van der Waals surface area contributed by atoms with Crippen molar-refractivity contribution in [2.24, 2.45) is 5.41 Å². The van der Waals surface area contributed by atoms with E-state index in [9.17, 15) is 4.79 Å². The first-order valence-electron chi connectivity index (χ1n) is 7.95. The zero-order chi connectivity index (χ0) is 15.4. The largest absolute Gasteiger partial charge is 0.467 e. The highest BCUT2D eigenvalue weighted by molar-refractivity contribution is 7.20. The molecule has 1 aliphatic heterocycles. The Morgan fingerprint density at radius 3 is 3.00 bits per heavy atom. The summed E-state index contributed by atoms with van der Waals surface area (Å²) in [4.78, 5) is 19.9. The maximum atomic E-state index is 13.0. The number of hydrogen-bond acceptors (Lipinski definition) is 4. The molecule has 0 radical (unpaired) electrons. The minimum atomic E-state index is 0.0992. The molecule has 4 heterocycles. The molecule has 23 heavy (non-hydrogen) atoms. The number of likely N-dealkylation sites (tertiary alicyclic amines) is 1. The number of aromatic nitrogens is 1. The number of furan rings is 1. The van der Waals surface area contributed by atoms with E-state index in [1.807, 2.05) is 35.4 Å². The molecule has 1 amide bonds. The van der Waals surface area contributed by atoms with E-state index in [2.05, 4.69) is 4.98 Å².